The van der Waals surface area contributed by atoms with Crippen LogP contribution in [0.25, 0.3) is 0 Å². The van der Waals surface area contributed by atoms with E-state index in [-0.39, 0.29) is 11.6 Å². The molecule has 0 aromatic heterocycles. The Kier molecular flexibility index (Phi) is 4.29. The molecule has 0 heterocycles. The molecule has 92 valence electrons. The van der Waals surface area contributed by atoms with Gasteiger partial charge in [-0.25, -0.2) is 4.39 Å². The highest BCUT2D eigenvalue weighted by atomic mass is 79.9. The highest BCUT2D eigenvalue weighted by molar-refractivity contribution is 9.10. The molecule has 0 radical (unpaired) electrons. The van der Waals surface area contributed by atoms with E-state index in [9.17, 15) is 9.18 Å². The summed E-state index contributed by atoms with van der Waals surface area (Å²) >= 11 is 3.26. The lowest BCUT2D eigenvalue weighted by atomic mass is 10.1. The molecule has 1 aromatic carbocycles. The fraction of sp³-hybridized carbons (Fsp3) is 0.462. The van der Waals surface area contributed by atoms with Gasteiger partial charge in [-0.1, -0.05) is 22.0 Å². The predicted molar refractivity (Wildman–Crippen MR) is 68.4 cm³/mol. The fourth-order valence-corrected chi connectivity index (χ4v) is 2.17. The highest BCUT2D eigenvalue weighted by Gasteiger charge is 2.20. The van der Waals surface area contributed by atoms with E-state index in [1.807, 2.05) is 0 Å². The van der Waals surface area contributed by atoms with E-state index >= 15 is 0 Å². The quantitative estimate of drug-likeness (QED) is 0.875. The van der Waals surface area contributed by atoms with E-state index in [2.05, 4.69) is 21.2 Å². The van der Waals surface area contributed by atoms with Crippen molar-refractivity contribution < 1.29 is 9.18 Å². The maximum Gasteiger partial charge on any atom is 0.151 e. The lowest BCUT2D eigenvalue weighted by molar-refractivity contribution is -0.117. The third-order valence-electron chi connectivity index (χ3n) is 2.85. The minimum Gasteiger partial charge on any atom is -0.310 e. The number of carbonyl (C=O) groups excluding carboxylic acids is 1. The average Bonchev–Trinajstić information content (AvgIpc) is 3.06. The Balaban J connectivity index is 1.79. The van der Waals surface area contributed by atoms with Crippen molar-refractivity contribution in [3.05, 3.63) is 34.1 Å². The van der Waals surface area contributed by atoms with Crippen LogP contribution in [0.15, 0.2) is 22.7 Å². The van der Waals surface area contributed by atoms with Gasteiger partial charge >= 0.3 is 0 Å². The molecule has 0 bridgehead atoms. The lowest BCUT2D eigenvalue weighted by Crippen LogP contribution is -2.26. The maximum absolute atomic E-state index is 12.9. The number of ketones is 1. The molecule has 0 aliphatic heterocycles. The number of nitrogens with one attached hydrogen (secondary N) is 1. The zero-order valence-corrected chi connectivity index (χ0v) is 11.1. The molecular formula is C13H15BrFNO. The van der Waals surface area contributed by atoms with E-state index in [0.717, 1.165) is 18.0 Å². The number of Topliss-reactive ketones (excluding diaryl/α,β-unsaturated/α-hetero) is 1. The molecule has 2 nitrogen and oxygen atoms in total. The first-order valence-corrected chi connectivity index (χ1v) is 6.61. The van der Waals surface area contributed by atoms with Gasteiger partial charge in [0.1, 0.15) is 5.82 Å². The van der Waals surface area contributed by atoms with Crippen LogP contribution in [0.1, 0.15) is 18.4 Å². The minimum atomic E-state index is -0.292. The Bertz CT molecular complexity index is 418. The van der Waals surface area contributed by atoms with Crippen molar-refractivity contribution in [2.75, 3.05) is 13.1 Å². The summed E-state index contributed by atoms with van der Waals surface area (Å²) in [6, 6.07) is 4.42. The number of hydrogen-bond acceptors (Lipinski definition) is 2. The topological polar surface area (TPSA) is 29.1 Å². The zero-order chi connectivity index (χ0) is 12.3. The number of hydrogen-bond donors (Lipinski definition) is 1. The molecule has 1 N–H and O–H groups in total. The van der Waals surface area contributed by atoms with Gasteiger partial charge in [-0.2, -0.15) is 0 Å². The molecule has 1 aliphatic carbocycles. The third kappa shape index (κ3) is 4.21. The van der Waals surface area contributed by atoms with E-state index in [1.54, 1.807) is 6.07 Å². The first-order chi connectivity index (χ1) is 8.15. The lowest BCUT2D eigenvalue weighted by Gasteiger charge is -2.05. The van der Waals surface area contributed by atoms with Gasteiger partial charge in [0.15, 0.2) is 5.78 Å². The predicted octanol–water partition coefficient (Wildman–Crippen LogP) is 2.70. The summed E-state index contributed by atoms with van der Waals surface area (Å²) in [7, 11) is 0. The Morgan fingerprint density at radius 3 is 2.88 bits per heavy atom. The van der Waals surface area contributed by atoms with Gasteiger partial charge < -0.3 is 5.32 Å². The molecule has 4 heteroatoms. The van der Waals surface area contributed by atoms with Crippen LogP contribution in [0.3, 0.4) is 0 Å². The van der Waals surface area contributed by atoms with E-state index in [4.69, 9.17) is 0 Å². The summed E-state index contributed by atoms with van der Waals surface area (Å²) in [6.45, 7) is 1.34. The first kappa shape index (κ1) is 12.7. The van der Waals surface area contributed by atoms with Crippen LogP contribution in [0.2, 0.25) is 0 Å². The smallest absolute Gasteiger partial charge is 0.151 e. The standard InChI is InChI=1S/C13H15BrFNO/c14-13-6-11(15)4-3-10(13)5-12(17)8-16-7-9-1-2-9/h3-4,6,9,16H,1-2,5,7-8H2. The van der Waals surface area contributed by atoms with Gasteiger partial charge in [-0.15, -0.1) is 0 Å². The first-order valence-electron chi connectivity index (χ1n) is 5.81. The van der Waals surface area contributed by atoms with Crippen LogP contribution in [-0.2, 0) is 11.2 Å². The van der Waals surface area contributed by atoms with Crippen LogP contribution in [0.5, 0.6) is 0 Å². The molecule has 2 rings (SSSR count). The summed E-state index contributed by atoms with van der Waals surface area (Å²) in [5.74, 6) is 0.623. The van der Waals surface area contributed by atoms with Crippen molar-refractivity contribution in [1.29, 1.82) is 0 Å². The Hall–Kier alpha value is -0.740. The maximum atomic E-state index is 12.9. The second kappa shape index (κ2) is 5.74. The van der Waals surface area contributed by atoms with Crippen molar-refractivity contribution in [3.63, 3.8) is 0 Å². The molecule has 1 saturated carbocycles. The van der Waals surface area contributed by atoms with Crippen molar-refractivity contribution in [2.45, 2.75) is 19.3 Å². The zero-order valence-electron chi connectivity index (χ0n) is 9.51. The fourth-order valence-electron chi connectivity index (χ4n) is 1.68. The van der Waals surface area contributed by atoms with E-state index in [0.29, 0.717) is 17.4 Å². The van der Waals surface area contributed by atoms with Crippen molar-refractivity contribution in [2.24, 2.45) is 5.92 Å². The summed E-state index contributed by atoms with van der Waals surface area (Å²) < 4.78 is 13.5. The van der Waals surface area contributed by atoms with E-state index in [1.165, 1.54) is 25.0 Å². The Morgan fingerprint density at radius 1 is 1.47 bits per heavy atom. The average molecular weight is 300 g/mol. The molecular weight excluding hydrogens is 285 g/mol. The van der Waals surface area contributed by atoms with E-state index < -0.39 is 0 Å². The number of halogens is 2. The van der Waals surface area contributed by atoms with Gasteiger partial charge in [-0.05, 0) is 43.0 Å². The van der Waals surface area contributed by atoms with Gasteiger partial charge in [0.05, 0.1) is 6.54 Å². The summed E-state index contributed by atoms with van der Waals surface area (Å²) in [5, 5.41) is 3.16. The molecule has 1 fully saturated rings. The van der Waals surface area contributed by atoms with Crippen LogP contribution in [0, 0.1) is 11.7 Å². The molecule has 0 saturated heterocycles. The van der Waals surface area contributed by atoms with Gasteiger partial charge in [-0.3, -0.25) is 4.79 Å². The van der Waals surface area contributed by atoms with Gasteiger partial charge in [0.25, 0.3) is 0 Å². The number of rotatable bonds is 6. The SMILES string of the molecule is O=C(CNCC1CC1)Cc1ccc(F)cc1Br. The second-order valence-corrected chi connectivity index (χ2v) is 5.38. The van der Waals surface area contributed by atoms with Crippen molar-refractivity contribution in [3.8, 4) is 0 Å². The normalized spacial score (nSPS) is 14.9. The molecule has 0 unspecified atom stereocenters. The summed E-state index contributed by atoms with van der Waals surface area (Å²) in [5.41, 5.74) is 0.838. The van der Waals surface area contributed by atoms with Crippen LogP contribution in [-0.4, -0.2) is 18.9 Å². The summed E-state index contributed by atoms with van der Waals surface area (Å²) in [4.78, 5) is 11.7. The van der Waals surface area contributed by atoms with Gasteiger partial charge in [0, 0.05) is 10.9 Å². The molecule has 1 aliphatic rings. The molecule has 0 atom stereocenters. The van der Waals surface area contributed by atoms with Crippen LogP contribution >= 0.6 is 15.9 Å². The molecule has 17 heavy (non-hydrogen) atoms. The van der Waals surface area contributed by atoms with Crippen LogP contribution in [0.4, 0.5) is 4.39 Å². The van der Waals surface area contributed by atoms with Gasteiger partial charge in [0.2, 0.25) is 0 Å². The number of carbonyl (C=O) groups is 1. The summed E-state index contributed by atoms with van der Waals surface area (Å²) in [6.07, 6.45) is 2.91. The monoisotopic (exact) mass is 299 g/mol. The van der Waals surface area contributed by atoms with Crippen LogP contribution < -0.4 is 5.32 Å². The van der Waals surface area contributed by atoms with Crippen molar-refractivity contribution in [1.82, 2.24) is 5.32 Å². The Morgan fingerprint density at radius 2 is 2.24 bits per heavy atom. The highest BCUT2D eigenvalue weighted by Crippen LogP contribution is 2.27. The van der Waals surface area contributed by atoms with Crippen molar-refractivity contribution >= 4 is 21.7 Å². The number of benzene rings is 1. The Labute approximate surface area is 109 Å². The molecule has 0 amide bonds. The molecule has 1 aromatic rings. The minimum absolute atomic E-state index is 0.137. The molecule has 0 spiro atoms. The third-order valence-corrected chi connectivity index (χ3v) is 3.59. The largest absolute Gasteiger partial charge is 0.310 e. The second-order valence-electron chi connectivity index (χ2n) is 4.53.